The van der Waals surface area contributed by atoms with Crippen LogP contribution in [0.2, 0.25) is 0 Å². The van der Waals surface area contributed by atoms with Crippen LogP contribution in [0.15, 0.2) is 30.0 Å². The van der Waals surface area contributed by atoms with Gasteiger partial charge in [-0.2, -0.15) is 0 Å². The number of aliphatic carboxylic acids is 1. The lowest BCUT2D eigenvalue weighted by Gasteiger charge is -2.12. The zero-order chi connectivity index (χ0) is 13.0. The van der Waals surface area contributed by atoms with Gasteiger partial charge in [0.25, 0.3) is 5.91 Å². The molecule has 0 spiro atoms. The van der Waals surface area contributed by atoms with Crippen LogP contribution in [0.3, 0.4) is 0 Å². The summed E-state index contributed by atoms with van der Waals surface area (Å²) in [5.74, 6) is -1.45. The highest BCUT2D eigenvalue weighted by molar-refractivity contribution is 7.12. The Kier molecular flexibility index (Phi) is 3.73. The van der Waals surface area contributed by atoms with Gasteiger partial charge >= 0.3 is 5.97 Å². The lowest BCUT2D eigenvalue weighted by molar-refractivity contribution is -0.139. The van der Waals surface area contributed by atoms with Crippen molar-refractivity contribution in [3.05, 3.63) is 40.6 Å². The Bertz CT molecular complexity index is 522. The number of amides is 1. The molecule has 7 heteroatoms. The Morgan fingerprint density at radius 1 is 1.56 bits per heavy atom. The van der Waals surface area contributed by atoms with Crippen LogP contribution < -0.4 is 5.32 Å². The molecule has 18 heavy (non-hydrogen) atoms. The number of carbonyl (C=O) groups excluding carboxylic acids is 1. The van der Waals surface area contributed by atoms with Crippen molar-refractivity contribution in [1.82, 2.24) is 15.3 Å². The summed E-state index contributed by atoms with van der Waals surface area (Å²) in [6.45, 7) is 0. The van der Waals surface area contributed by atoms with Gasteiger partial charge in [-0.15, -0.1) is 11.3 Å². The summed E-state index contributed by atoms with van der Waals surface area (Å²) >= 11 is 1.27. The SMILES string of the molecule is O=C(N[C@H](Cc1cnc[nH]1)C(=O)O)c1cccs1. The molecule has 2 aromatic heterocycles. The first kappa shape index (κ1) is 12.3. The van der Waals surface area contributed by atoms with Gasteiger partial charge in [0, 0.05) is 18.3 Å². The molecule has 0 radical (unpaired) electrons. The number of carboxylic acids is 1. The molecule has 3 N–H and O–H groups in total. The topological polar surface area (TPSA) is 95.1 Å². The molecule has 0 bridgehead atoms. The Morgan fingerprint density at radius 2 is 2.39 bits per heavy atom. The van der Waals surface area contributed by atoms with E-state index in [9.17, 15) is 9.59 Å². The smallest absolute Gasteiger partial charge is 0.326 e. The normalized spacial score (nSPS) is 12.0. The average Bonchev–Trinajstić information content (AvgIpc) is 3.00. The third-order valence-corrected chi connectivity index (χ3v) is 3.20. The van der Waals surface area contributed by atoms with Crippen LogP contribution in [0.25, 0.3) is 0 Å². The molecule has 1 amide bonds. The van der Waals surface area contributed by atoms with E-state index in [-0.39, 0.29) is 12.3 Å². The van der Waals surface area contributed by atoms with Gasteiger partial charge in [0.15, 0.2) is 0 Å². The molecule has 0 aromatic carbocycles. The van der Waals surface area contributed by atoms with E-state index in [2.05, 4.69) is 15.3 Å². The third kappa shape index (κ3) is 2.95. The van der Waals surface area contributed by atoms with Crippen molar-refractivity contribution in [2.24, 2.45) is 0 Å². The van der Waals surface area contributed by atoms with Gasteiger partial charge in [-0.05, 0) is 11.4 Å². The first-order valence-corrected chi connectivity index (χ1v) is 6.09. The van der Waals surface area contributed by atoms with Crippen molar-refractivity contribution in [3.63, 3.8) is 0 Å². The highest BCUT2D eigenvalue weighted by Gasteiger charge is 2.21. The fourth-order valence-corrected chi connectivity index (χ4v) is 2.08. The Balaban J connectivity index is 2.03. The van der Waals surface area contributed by atoms with Crippen LogP contribution in [-0.4, -0.2) is 33.0 Å². The molecule has 0 aliphatic heterocycles. The van der Waals surface area contributed by atoms with E-state index in [4.69, 9.17) is 5.11 Å². The first-order chi connectivity index (χ1) is 8.66. The molecular formula is C11H11N3O3S. The van der Waals surface area contributed by atoms with E-state index >= 15 is 0 Å². The predicted octanol–water partition coefficient (Wildman–Crippen LogP) is 0.897. The molecule has 0 aliphatic rings. The van der Waals surface area contributed by atoms with Crippen LogP contribution in [0.1, 0.15) is 15.4 Å². The summed E-state index contributed by atoms with van der Waals surface area (Å²) in [4.78, 5) is 29.9. The molecule has 0 fully saturated rings. The van der Waals surface area contributed by atoms with Gasteiger partial charge < -0.3 is 15.4 Å². The largest absolute Gasteiger partial charge is 0.480 e. The summed E-state index contributed by atoms with van der Waals surface area (Å²) in [5, 5.41) is 13.3. The van der Waals surface area contributed by atoms with E-state index in [1.54, 1.807) is 17.5 Å². The predicted molar refractivity (Wildman–Crippen MR) is 65.5 cm³/mol. The van der Waals surface area contributed by atoms with Crippen LogP contribution in [0, 0.1) is 0 Å². The van der Waals surface area contributed by atoms with E-state index in [1.165, 1.54) is 23.9 Å². The number of hydrogen-bond donors (Lipinski definition) is 3. The summed E-state index contributed by atoms with van der Waals surface area (Å²) in [7, 11) is 0. The van der Waals surface area contributed by atoms with Gasteiger partial charge in [0.05, 0.1) is 11.2 Å². The van der Waals surface area contributed by atoms with Crippen molar-refractivity contribution in [1.29, 1.82) is 0 Å². The molecule has 0 saturated heterocycles. The average molecular weight is 265 g/mol. The molecule has 6 nitrogen and oxygen atoms in total. The van der Waals surface area contributed by atoms with E-state index in [0.717, 1.165) is 0 Å². The molecule has 1 atom stereocenters. The van der Waals surface area contributed by atoms with Crippen molar-refractivity contribution in [2.45, 2.75) is 12.5 Å². The van der Waals surface area contributed by atoms with Crippen LogP contribution in [0.4, 0.5) is 0 Å². The van der Waals surface area contributed by atoms with Crippen molar-refractivity contribution >= 4 is 23.2 Å². The van der Waals surface area contributed by atoms with Crippen LogP contribution in [-0.2, 0) is 11.2 Å². The maximum atomic E-state index is 11.8. The second-order valence-electron chi connectivity index (χ2n) is 3.62. The molecule has 2 aromatic rings. The number of aromatic nitrogens is 2. The number of thiophene rings is 1. The van der Waals surface area contributed by atoms with Gasteiger partial charge in [-0.25, -0.2) is 9.78 Å². The molecule has 0 aliphatic carbocycles. The summed E-state index contributed by atoms with van der Waals surface area (Å²) in [6.07, 6.45) is 3.18. The lowest BCUT2D eigenvalue weighted by atomic mass is 10.1. The highest BCUT2D eigenvalue weighted by atomic mass is 32.1. The fourth-order valence-electron chi connectivity index (χ4n) is 1.45. The molecule has 2 rings (SSSR count). The maximum absolute atomic E-state index is 11.8. The number of carboxylic acid groups (broad SMARTS) is 1. The standard InChI is InChI=1S/C11H11N3O3S/c15-10(9-2-1-3-18-9)14-8(11(16)17)4-7-5-12-6-13-7/h1-3,5-6,8H,4H2,(H,12,13)(H,14,15)(H,16,17)/t8-/m1/s1. The highest BCUT2D eigenvalue weighted by Crippen LogP contribution is 2.09. The minimum atomic E-state index is -1.07. The Labute approximate surface area is 107 Å². The Hall–Kier alpha value is -2.15. The molecule has 0 unspecified atom stereocenters. The fraction of sp³-hybridized carbons (Fsp3) is 0.182. The number of rotatable bonds is 5. The van der Waals surface area contributed by atoms with E-state index in [1.807, 2.05) is 0 Å². The van der Waals surface area contributed by atoms with Crippen molar-refractivity contribution in [2.75, 3.05) is 0 Å². The zero-order valence-corrected chi connectivity index (χ0v) is 10.1. The lowest BCUT2D eigenvalue weighted by Crippen LogP contribution is -2.42. The number of carbonyl (C=O) groups is 2. The van der Waals surface area contributed by atoms with Crippen molar-refractivity contribution < 1.29 is 14.7 Å². The van der Waals surface area contributed by atoms with Gasteiger partial charge in [0.2, 0.25) is 0 Å². The van der Waals surface area contributed by atoms with Gasteiger partial charge in [0.1, 0.15) is 6.04 Å². The van der Waals surface area contributed by atoms with Crippen molar-refractivity contribution in [3.8, 4) is 0 Å². The minimum Gasteiger partial charge on any atom is -0.480 e. The summed E-state index contributed by atoms with van der Waals surface area (Å²) < 4.78 is 0. The maximum Gasteiger partial charge on any atom is 0.326 e. The number of nitrogens with zero attached hydrogens (tertiary/aromatic N) is 1. The van der Waals surface area contributed by atoms with E-state index < -0.39 is 12.0 Å². The van der Waals surface area contributed by atoms with E-state index in [0.29, 0.717) is 10.6 Å². The number of aromatic amines is 1. The molecule has 2 heterocycles. The van der Waals surface area contributed by atoms with Crippen LogP contribution in [0.5, 0.6) is 0 Å². The number of imidazole rings is 1. The third-order valence-electron chi connectivity index (χ3n) is 2.33. The summed E-state index contributed by atoms with van der Waals surface area (Å²) in [6, 6.07) is 2.42. The van der Waals surface area contributed by atoms with Crippen LogP contribution >= 0.6 is 11.3 Å². The second-order valence-corrected chi connectivity index (χ2v) is 4.57. The minimum absolute atomic E-state index is 0.173. The number of hydrogen-bond acceptors (Lipinski definition) is 4. The molecule has 0 saturated carbocycles. The molecular weight excluding hydrogens is 254 g/mol. The van der Waals surface area contributed by atoms with Gasteiger partial charge in [-0.3, -0.25) is 4.79 Å². The zero-order valence-electron chi connectivity index (χ0n) is 9.29. The number of nitrogens with one attached hydrogen (secondary N) is 2. The first-order valence-electron chi connectivity index (χ1n) is 5.21. The summed E-state index contributed by atoms with van der Waals surface area (Å²) in [5.41, 5.74) is 0.661. The second kappa shape index (κ2) is 5.46. The number of H-pyrrole nitrogens is 1. The quantitative estimate of drug-likeness (QED) is 0.748. The Morgan fingerprint density at radius 3 is 2.94 bits per heavy atom. The monoisotopic (exact) mass is 265 g/mol. The molecule has 94 valence electrons. The van der Waals surface area contributed by atoms with Gasteiger partial charge in [-0.1, -0.05) is 6.07 Å².